The van der Waals surface area contributed by atoms with E-state index in [1.54, 1.807) is 0 Å². The van der Waals surface area contributed by atoms with Gasteiger partial charge in [0.1, 0.15) is 11.4 Å². The fourth-order valence-electron chi connectivity index (χ4n) is 5.17. The largest absolute Gasteiger partial charge is 0.460 e. The van der Waals surface area contributed by atoms with Gasteiger partial charge >= 0.3 is 5.97 Å². The summed E-state index contributed by atoms with van der Waals surface area (Å²) in [6.45, 7) is 9.31. The van der Waals surface area contributed by atoms with Crippen molar-refractivity contribution in [2.75, 3.05) is 0 Å². The van der Waals surface area contributed by atoms with Gasteiger partial charge < -0.3 is 14.2 Å². The van der Waals surface area contributed by atoms with Crippen LogP contribution in [0.1, 0.15) is 77.5 Å². The molecule has 1 saturated carbocycles. The monoisotopic (exact) mass is 517 g/mol. The van der Waals surface area contributed by atoms with Crippen LogP contribution in [0.2, 0.25) is 0 Å². The summed E-state index contributed by atoms with van der Waals surface area (Å²) in [5.74, 6) is -0.983. The molecule has 1 aliphatic carbocycles. The smallest absolute Gasteiger partial charge is 0.308 e. The van der Waals surface area contributed by atoms with Crippen molar-refractivity contribution in [3.8, 4) is 11.1 Å². The average molecular weight is 518 g/mol. The van der Waals surface area contributed by atoms with E-state index in [9.17, 15) is 9.18 Å². The summed E-state index contributed by atoms with van der Waals surface area (Å²) < 4.78 is 31.7. The highest BCUT2D eigenvalue weighted by molar-refractivity contribution is 5.99. The lowest BCUT2D eigenvalue weighted by Gasteiger charge is -2.39. The number of ether oxygens (including phenoxy) is 3. The van der Waals surface area contributed by atoms with Crippen molar-refractivity contribution in [1.82, 2.24) is 4.98 Å². The maximum atomic E-state index is 13.8. The maximum absolute atomic E-state index is 13.8. The first kappa shape index (κ1) is 26.5. The van der Waals surface area contributed by atoms with Crippen LogP contribution in [0.4, 0.5) is 4.39 Å². The SMILES string of the molecule is CC(C)(C)OC(=O)C[C@@H]1C[C@@H](C=Cc2c(C3CC3)nc3ccccc3c2-c2ccc(F)cc2)OC(C)(C)O1. The third-order valence-electron chi connectivity index (χ3n) is 6.73. The molecular weight excluding hydrogens is 481 g/mol. The molecule has 2 heterocycles. The number of fused-ring (bicyclic) bond motifs is 1. The highest BCUT2D eigenvalue weighted by atomic mass is 19.1. The van der Waals surface area contributed by atoms with E-state index >= 15 is 0 Å². The van der Waals surface area contributed by atoms with Gasteiger partial charge in [-0.2, -0.15) is 0 Å². The van der Waals surface area contributed by atoms with Crippen molar-refractivity contribution in [2.24, 2.45) is 0 Å². The molecule has 0 bridgehead atoms. The number of hydrogen-bond donors (Lipinski definition) is 0. The minimum absolute atomic E-state index is 0.167. The summed E-state index contributed by atoms with van der Waals surface area (Å²) in [4.78, 5) is 17.6. The quantitative estimate of drug-likeness (QED) is 0.316. The van der Waals surface area contributed by atoms with Crippen molar-refractivity contribution < 1.29 is 23.4 Å². The van der Waals surface area contributed by atoms with Gasteiger partial charge in [-0.05, 0) is 71.2 Å². The second kappa shape index (κ2) is 10.2. The number of pyridine rings is 1. The number of aromatic nitrogens is 1. The fourth-order valence-corrected chi connectivity index (χ4v) is 5.17. The molecule has 0 radical (unpaired) electrons. The summed E-state index contributed by atoms with van der Waals surface area (Å²) in [6, 6.07) is 14.8. The van der Waals surface area contributed by atoms with Crippen molar-refractivity contribution in [2.45, 2.75) is 89.8 Å². The van der Waals surface area contributed by atoms with Gasteiger partial charge in [-0.25, -0.2) is 4.39 Å². The van der Waals surface area contributed by atoms with Crippen LogP contribution in [0.15, 0.2) is 54.6 Å². The van der Waals surface area contributed by atoms with Crippen LogP contribution in [-0.4, -0.2) is 34.5 Å². The fraction of sp³-hybridized carbons (Fsp3) is 0.438. The zero-order chi connectivity index (χ0) is 27.1. The van der Waals surface area contributed by atoms with Crippen LogP contribution in [0.25, 0.3) is 28.1 Å². The molecule has 2 aliphatic rings. The Balaban J connectivity index is 1.51. The lowest BCUT2D eigenvalue weighted by molar-refractivity contribution is -0.290. The molecule has 3 aromatic rings. The Labute approximate surface area is 224 Å². The van der Waals surface area contributed by atoms with Crippen LogP contribution in [-0.2, 0) is 19.0 Å². The molecule has 1 aromatic heterocycles. The Bertz CT molecular complexity index is 1350. The van der Waals surface area contributed by atoms with Crippen molar-refractivity contribution in [3.63, 3.8) is 0 Å². The van der Waals surface area contributed by atoms with E-state index in [1.807, 2.05) is 65.0 Å². The van der Waals surface area contributed by atoms with Crippen LogP contribution < -0.4 is 0 Å². The summed E-state index contributed by atoms with van der Waals surface area (Å²) >= 11 is 0. The van der Waals surface area contributed by atoms with E-state index in [4.69, 9.17) is 19.2 Å². The molecule has 1 aliphatic heterocycles. The summed E-state index contributed by atoms with van der Waals surface area (Å²) in [7, 11) is 0. The van der Waals surface area contributed by atoms with Gasteiger partial charge in [0.25, 0.3) is 0 Å². The highest BCUT2D eigenvalue weighted by Gasteiger charge is 2.36. The predicted octanol–water partition coefficient (Wildman–Crippen LogP) is 7.57. The summed E-state index contributed by atoms with van der Waals surface area (Å²) in [6.07, 6.45) is 6.48. The Morgan fingerprint density at radius 1 is 1.11 bits per heavy atom. The minimum Gasteiger partial charge on any atom is -0.460 e. The lowest BCUT2D eigenvalue weighted by atomic mass is 9.92. The van der Waals surface area contributed by atoms with E-state index in [2.05, 4.69) is 18.2 Å². The molecule has 38 heavy (non-hydrogen) atoms. The first-order valence-corrected chi connectivity index (χ1v) is 13.4. The van der Waals surface area contributed by atoms with Crippen molar-refractivity contribution in [3.05, 3.63) is 71.7 Å². The standard InChI is InChI=1S/C32H36FNO4/c1-31(2,3)38-28(35)19-24-18-23(36-32(4,5)37-24)16-17-26-29(20-12-14-22(33)15-13-20)25-8-6-7-9-27(25)34-30(26)21-10-11-21/h6-9,12-17,21,23-24H,10-11,18-19H2,1-5H3/t23-,24+/m1/s1. The number of rotatable bonds is 6. The molecule has 200 valence electrons. The molecule has 6 heteroatoms. The zero-order valence-corrected chi connectivity index (χ0v) is 22.8. The average Bonchev–Trinajstić information content (AvgIpc) is 3.66. The van der Waals surface area contributed by atoms with Gasteiger partial charge in [0, 0.05) is 28.9 Å². The van der Waals surface area contributed by atoms with Gasteiger partial charge in [-0.1, -0.05) is 42.5 Å². The van der Waals surface area contributed by atoms with E-state index in [0.29, 0.717) is 12.3 Å². The number of carbonyl (C=O) groups excluding carboxylic acids is 1. The minimum atomic E-state index is -0.847. The first-order valence-electron chi connectivity index (χ1n) is 13.4. The third-order valence-corrected chi connectivity index (χ3v) is 6.73. The molecule has 0 amide bonds. The van der Waals surface area contributed by atoms with E-state index in [1.165, 1.54) is 12.1 Å². The second-order valence-corrected chi connectivity index (χ2v) is 11.8. The van der Waals surface area contributed by atoms with Crippen LogP contribution in [0.3, 0.4) is 0 Å². The molecule has 2 fully saturated rings. The van der Waals surface area contributed by atoms with Gasteiger partial charge in [-0.3, -0.25) is 9.78 Å². The molecule has 0 N–H and O–H groups in total. The summed E-state index contributed by atoms with van der Waals surface area (Å²) in [5, 5.41) is 1.03. The number of halogens is 1. The highest BCUT2D eigenvalue weighted by Crippen LogP contribution is 2.45. The van der Waals surface area contributed by atoms with Gasteiger partial charge in [0.05, 0.1) is 29.8 Å². The molecule has 2 atom stereocenters. The Morgan fingerprint density at radius 3 is 2.50 bits per heavy atom. The normalized spacial score (nSPS) is 21.6. The number of carbonyl (C=O) groups is 1. The second-order valence-electron chi connectivity index (χ2n) is 11.8. The van der Waals surface area contributed by atoms with Gasteiger partial charge in [-0.15, -0.1) is 0 Å². The Kier molecular flexibility index (Phi) is 7.14. The summed E-state index contributed by atoms with van der Waals surface area (Å²) in [5.41, 5.74) is 4.49. The molecule has 0 unspecified atom stereocenters. The number of benzene rings is 2. The number of para-hydroxylation sites is 1. The molecular formula is C32H36FNO4. The topological polar surface area (TPSA) is 57.7 Å². The number of esters is 1. The van der Waals surface area contributed by atoms with Crippen molar-refractivity contribution in [1.29, 1.82) is 0 Å². The van der Waals surface area contributed by atoms with E-state index < -0.39 is 11.4 Å². The third kappa shape index (κ3) is 6.30. The van der Waals surface area contributed by atoms with Crippen LogP contribution in [0, 0.1) is 5.82 Å². The molecule has 5 rings (SSSR count). The number of nitrogens with zero attached hydrogens (tertiary/aromatic N) is 1. The molecule has 0 spiro atoms. The van der Waals surface area contributed by atoms with Crippen LogP contribution in [0.5, 0.6) is 0 Å². The Hall–Kier alpha value is -3.09. The van der Waals surface area contributed by atoms with Gasteiger partial charge in [0.15, 0.2) is 5.79 Å². The molecule has 2 aromatic carbocycles. The lowest BCUT2D eigenvalue weighted by Crippen LogP contribution is -2.45. The molecule has 5 nitrogen and oxygen atoms in total. The first-order chi connectivity index (χ1) is 18.0. The molecule has 1 saturated heterocycles. The maximum Gasteiger partial charge on any atom is 0.308 e. The Morgan fingerprint density at radius 2 is 1.82 bits per heavy atom. The zero-order valence-electron chi connectivity index (χ0n) is 22.8. The van der Waals surface area contributed by atoms with Crippen LogP contribution >= 0.6 is 0 Å². The van der Waals surface area contributed by atoms with Crippen molar-refractivity contribution >= 4 is 22.9 Å². The van der Waals surface area contributed by atoms with E-state index in [0.717, 1.165) is 46.1 Å². The number of hydrogen-bond acceptors (Lipinski definition) is 5. The van der Waals surface area contributed by atoms with E-state index in [-0.39, 0.29) is 30.4 Å². The van der Waals surface area contributed by atoms with Gasteiger partial charge in [0.2, 0.25) is 0 Å². The predicted molar refractivity (Wildman–Crippen MR) is 147 cm³/mol.